The molecule has 0 aromatic carbocycles. The van der Waals surface area contributed by atoms with Crippen molar-refractivity contribution < 1.29 is 18.3 Å². The number of piperidine rings is 2. The summed E-state index contributed by atoms with van der Waals surface area (Å²) in [5.74, 6) is -3.61. The number of nitrogens with zero attached hydrogens (tertiary/aromatic N) is 3. The van der Waals surface area contributed by atoms with Crippen molar-refractivity contribution in [2.24, 2.45) is 11.8 Å². The number of nitrogens with one attached hydrogen (secondary N) is 1. The van der Waals surface area contributed by atoms with Gasteiger partial charge in [0.05, 0.1) is 0 Å². The van der Waals surface area contributed by atoms with Crippen LogP contribution in [0.2, 0.25) is 0 Å². The second kappa shape index (κ2) is 6.95. The highest BCUT2D eigenvalue weighted by molar-refractivity contribution is 5.75. The van der Waals surface area contributed by atoms with Crippen molar-refractivity contribution in [3.63, 3.8) is 0 Å². The second-order valence-corrected chi connectivity index (χ2v) is 7.72. The molecule has 2 bridgehead atoms. The molecule has 2 amide bonds. The summed E-state index contributed by atoms with van der Waals surface area (Å²) in [7, 11) is 0. The molecule has 3 heterocycles. The molecule has 2 saturated heterocycles. The van der Waals surface area contributed by atoms with Crippen LogP contribution in [-0.4, -0.2) is 47.1 Å². The Morgan fingerprint density at radius 3 is 2.63 bits per heavy atom. The van der Waals surface area contributed by atoms with E-state index in [0.717, 1.165) is 25.7 Å². The number of pyridine rings is 1. The van der Waals surface area contributed by atoms with Gasteiger partial charge in [-0.15, -0.1) is 0 Å². The maximum Gasteiger partial charge on any atom is 0.317 e. The minimum Gasteiger partial charge on any atom is -0.473 e. The zero-order valence-corrected chi connectivity index (χ0v) is 14.9. The van der Waals surface area contributed by atoms with E-state index in [1.165, 1.54) is 4.90 Å². The summed E-state index contributed by atoms with van der Waals surface area (Å²) >= 11 is 0. The molecule has 8 heteroatoms. The molecule has 2 aliphatic carbocycles. The first-order chi connectivity index (χ1) is 13.0. The van der Waals surface area contributed by atoms with Gasteiger partial charge in [-0.05, 0) is 44.2 Å². The first-order valence-electron chi connectivity index (χ1n) is 9.42. The third kappa shape index (κ3) is 3.43. The van der Waals surface area contributed by atoms with Crippen molar-refractivity contribution >= 4 is 6.03 Å². The quantitative estimate of drug-likeness (QED) is 0.880. The Labute approximate surface area is 156 Å². The van der Waals surface area contributed by atoms with Gasteiger partial charge in [-0.2, -0.15) is 5.26 Å². The molecule has 4 aliphatic rings. The van der Waals surface area contributed by atoms with Crippen molar-refractivity contribution in [3.8, 4) is 11.9 Å². The Bertz CT molecular complexity index is 744. The predicted octanol–water partition coefficient (Wildman–Crippen LogP) is 2.94. The summed E-state index contributed by atoms with van der Waals surface area (Å²) in [5, 5.41) is 12.1. The minimum atomic E-state index is -2.60. The molecular weight excluding hydrogens is 354 g/mol. The van der Waals surface area contributed by atoms with Crippen LogP contribution in [-0.2, 0) is 0 Å². The Morgan fingerprint density at radius 1 is 1.30 bits per heavy atom. The van der Waals surface area contributed by atoms with Crippen molar-refractivity contribution in [1.29, 1.82) is 5.26 Å². The van der Waals surface area contributed by atoms with E-state index in [1.807, 2.05) is 0 Å². The summed E-state index contributed by atoms with van der Waals surface area (Å²) in [6, 6.07) is 5.21. The van der Waals surface area contributed by atoms with Crippen LogP contribution in [0.3, 0.4) is 0 Å². The number of rotatable bonds is 3. The summed E-state index contributed by atoms with van der Waals surface area (Å²) in [6.07, 6.45) is 5.07. The summed E-state index contributed by atoms with van der Waals surface area (Å²) < 4.78 is 33.1. The van der Waals surface area contributed by atoms with Crippen LogP contribution in [0.15, 0.2) is 18.3 Å². The van der Waals surface area contributed by atoms with Gasteiger partial charge >= 0.3 is 6.03 Å². The molecule has 144 valence electrons. The number of alkyl halides is 2. The maximum absolute atomic E-state index is 13.6. The van der Waals surface area contributed by atoms with E-state index in [2.05, 4.69) is 16.4 Å². The second-order valence-electron chi connectivity index (χ2n) is 7.72. The Morgan fingerprint density at radius 2 is 2.00 bits per heavy atom. The lowest BCUT2D eigenvalue weighted by Gasteiger charge is -2.53. The van der Waals surface area contributed by atoms with Crippen LogP contribution >= 0.6 is 0 Å². The molecular formula is C19H22F2N4O2. The van der Waals surface area contributed by atoms with Crippen LogP contribution in [0.25, 0.3) is 0 Å². The number of carbonyl (C=O) groups is 1. The third-order valence-corrected chi connectivity index (χ3v) is 6.00. The van der Waals surface area contributed by atoms with Crippen molar-refractivity contribution in [1.82, 2.24) is 15.2 Å². The van der Waals surface area contributed by atoms with Crippen LogP contribution < -0.4 is 10.1 Å². The molecule has 4 fully saturated rings. The maximum atomic E-state index is 13.6. The summed E-state index contributed by atoms with van der Waals surface area (Å²) in [6.45, 7) is 0.287. The lowest BCUT2D eigenvalue weighted by atomic mass is 9.67. The SMILES string of the molecule is N#Cc1cccnc1OC1CCC(NC(=O)N2CC3CC(C2)C3(F)F)CC1. The van der Waals surface area contributed by atoms with Gasteiger partial charge in [0.25, 0.3) is 5.92 Å². The van der Waals surface area contributed by atoms with Gasteiger partial charge in [0.15, 0.2) is 0 Å². The first kappa shape index (κ1) is 18.0. The first-order valence-corrected chi connectivity index (χ1v) is 9.42. The standard InChI is InChI=1S/C19H22F2N4O2/c20-19(21)13-8-14(19)11-25(10-13)18(26)24-15-3-5-16(6-4-15)27-17-12(9-22)2-1-7-23-17/h1-2,7,13-16H,3-6,8,10-11H2,(H,24,26). The van der Waals surface area contributed by atoms with E-state index >= 15 is 0 Å². The van der Waals surface area contributed by atoms with Crippen molar-refractivity contribution in [2.75, 3.05) is 13.1 Å². The van der Waals surface area contributed by atoms with Gasteiger partial charge in [-0.3, -0.25) is 0 Å². The Kier molecular flexibility index (Phi) is 4.62. The van der Waals surface area contributed by atoms with Crippen molar-refractivity contribution in [2.45, 2.75) is 50.2 Å². The van der Waals surface area contributed by atoms with Crippen molar-refractivity contribution in [3.05, 3.63) is 23.9 Å². The molecule has 2 atom stereocenters. The lowest BCUT2D eigenvalue weighted by molar-refractivity contribution is -0.219. The summed E-state index contributed by atoms with van der Waals surface area (Å²) in [5.41, 5.74) is 0.411. The molecule has 2 aliphatic heterocycles. The van der Waals surface area contributed by atoms with Crippen LogP contribution in [0.4, 0.5) is 13.6 Å². The number of hydrogen-bond donors (Lipinski definition) is 1. The number of urea groups is 1. The number of halogens is 2. The number of hydrogen-bond acceptors (Lipinski definition) is 4. The molecule has 2 saturated carbocycles. The molecule has 27 heavy (non-hydrogen) atoms. The lowest BCUT2D eigenvalue weighted by Crippen LogP contribution is -2.65. The van der Waals surface area contributed by atoms with Crippen LogP contribution in [0.1, 0.15) is 37.7 Å². The van der Waals surface area contributed by atoms with Gasteiger partial charge in [-0.1, -0.05) is 0 Å². The van der Waals surface area contributed by atoms with Gasteiger partial charge in [0.2, 0.25) is 5.88 Å². The largest absolute Gasteiger partial charge is 0.473 e. The highest BCUT2D eigenvalue weighted by Crippen LogP contribution is 2.52. The van der Waals surface area contributed by atoms with Crippen LogP contribution in [0.5, 0.6) is 5.88 Å². The minimum absolute atomic E-state index is 0.0234. The number of carbonyl (C=O) groups excluding carboxylic acids is 1. The van der Waals surface area contributed by atoms with Gasteiger partial charge in [0.1, 0.15) is 17.7 Å². The van der Waals surface area contributed by atoms with E-state index < -0.39 is 17.8 Å². The Hall–Kier alpha value is -2.43. The number of aromatic nitrogens is 1. The monoisotopic (exact) mass is 376 g/mol. The fourth-order valence-electron chi connectivity index (χ4n) is 4.31. The Balaban J connectivity index is 1.24. The van der Waals surface area contributed by atoms with Crippen LogP contribution in [0, 0.1) is 23.2 Å². The van der Waals surface area contributed by atoms with E-state index in [0.29, 0.717) is 17.9 Å². The molecule has 2 unspecified atom stereocenters. The zero-order valence-electron chi connectivity index (χ0n) is 14.9. The predicted molar refractivity (Wildman–Crippen MR) is 92.3 cm³/mol. The topological polar surface area (TPSA) is 78.2 Å². The molecule has 1 aromatic rings. The number of ether oxygens (including phenoxy) is 1. The molecule has 0 radical (unpaired) electrons. The number of amides is 2. The molecule has 0 spiro atoms. The molecule has 1 aromatic heterocycles. The zero-order chi connectivity index (χ0) is 19.0. The average Bonchev–Trinajstić information content (AvgIpc) is 2.69. The van der Waals surface area contributed by atoms with Gasteiger partial charge in [-0.25, -0.2) is 18.6 Å². The highest BCUT2D eigenvalue weighted by Gasteiger charge is 2.61. The summed E-state index contributed by atoms with van der Waals surface area (Å²) in [4.78, 5) is 18.0. The number of nitriles is 1. The molecule has 6 nitrogen and oxygen atoms in total. The van der Waals surface area contributed by atoms with E-state index in [4.69, 9.17) is 10.00 Å². The fraction of sp³-hybridized carbons (Fsp3) is 0.632. The highest BCUT2D eigenvalue weighted by atomic mass is 19.3. The molecule has 5 rings (SSSR count). The van der Waals surface area contributed by atoms with Gasteiger partial charge in [0, 0.05) is 37.2 Å². The normalized spacial score (nSPS) is 31.4. The van der Waals surface area contributed by atoms with E-state index in [9.17, 15) is 13.6 Å². The number of fused-ring (bicyclic) bond motifs is 2. The third-order valence-electron chi connectivity index (χ3n) is 6.00. The molecule has 1 N–H and O–H groups in total. The van der Waals surface area contributed by atoms with E-state index in [1.54, 1.807) is 18.3 Å². The average molecular weight is 376 g/mol. The van der Waals surface area contributed by atoms with Gasteiger partial charge < -0.3 is 15.0 Å². The van der Waals surface area contributed by atoms with E-state index in [-0.39, 0.29) is 31.3 Å². The fourth-order valence-corrected chi connectivity index (χ4v) is 4.31. The smallest absolute Gasteiger partial charge is 0.317 e.